The average molecular weight is 527 g/mol. The molecule has 0 amide bonds. The Kier molecular flexibility index (Phi) is 5.83. The second kappa shape index (κ2) is 8.12. The fourth-order valence-electron chi connectivity index (χ4n) is 8.35. The summed E-state index contributed by atoms with van der Waals surface area (Å²) in [5.74, 6) is -1.34. The lowest BCUT2D eigenvalue weighted by Gasteiger charge is -2.48. The van der Waals surface area contributed by atoms with Crippen LogP contribution in [0.25, 0.3) is 0 Å². The van der Waals surface area contributed by atoms with E-state index in [4.69, 9.17) is 4.74 Å². The average Bonchev–Trinajstić information content (AvgIpc) is 3.11. The number of aromatic nitrogens is 2. The molecule has 4 aliphatic carbocycles. The highest BCUT2D eigenvalue weighted by molar-refractivity contribution is 5.96. The van der Waals surface area contributed by atoms with Gasteiger partial charge in [-0.25, -0.2) is 4.79 Å². The maximum atomic E-state index is 14.5. The Morgan fingerprint density at radius 2 is 1.87 bits per heavy atom. The van der Waals surface area contributed by atoms with Crippen molar-refractivity contribution in [2.24, 2.45) is 34.5 Å². The minimum absolute atomic E-state index is 0.0494. The van der Waals surface area contributed by atoms with Crippen molar-refractivity contribution in [3.8, 4) is 0 Å². The molecule has 1 aromatic heterocycles. The molecule has 2 saturated carbocycles. The molecule has 1 heterocycles. The molecule has 208 valence electrons. The second-order valence-electron chi connectivity index (χ2n) is 13.8. The zero-order valence-electron chi connectivity index (χ0n) is 24.0. The standard InChI is InChI=1S/C30H42N2O6/c1-14-12-29-15(2)10-20-22(28(20,8)9)19(24(29)35)11-18(13-33)23(34)30(29,37)25(14)38-26(36)21-16(3)31-32(17(21)4)27(5,6)7/h11-12,15,19-20,22-23,25,33-34,37H,10,13H2,1-9H3/t15?,19-,20+,22-,23+,25-,29?,30-/m0/s1. The molecule has 0 aliphatic heterocycles. The van der Waals surface area contributed by atoms with Crippen LogP contribution in [0.1, 0.15) is 76.6 Å². The number of hydrogen-bond acceptors (Lipinski definition) is 7. The quantitative estimate of drug-likeness (QED) is 0.408. The number of aryl methyl sites for hydroxylation is 1. The van der Waals surface area contributed by atoms with Crippen molar-refractivity contribution in [2.45, 2.75) is 92.1 Å². The van der Waals surface area contributed by atoms with E-state index in [9.17, 15) is 24.9 Å². The monoisotopic (exact) mass is 526 g/mol. The molecule has 0 saturated heterocycles. The van der Waals surface area contributed by atoms with Gasteiger partial charge >= 0.3 is 5.97 Å². The van der Waals surface area contributed by atoms with Crippen LogP contribution >= 0.6 is 0 Å². The molecular weight excluding hydrogens is 484 g/mol. The minimum atomic E-state index is -2.16. The zero-order chi connectivity index (χ0) is 28.3. The van der Waals surface area contributed by atoms with Gasteiger partial charge in [0.2, 0.25) is 0 Å². The predicted molar refractivity (Wildman–Crippen MR) is 141 cm³/mol. The number of hydrogen-bond donors (Lipinski definition) is 3. The number of ether oxygens (including phenoxy) is 1. The molecule has 2 unspecified atom stereocenters. The van der Waals surface area contributed by atoms with Gasteiger partial charge in [-0.05, 0) is 82.3 Å². The third-order valence-electron chi connectivity index (χ3n) is 10.3. The summed E-state index contributed by atoms with van der Waals surface area (Å²) in [6.07, 6.45) is 1.27. The van der Waals surface area contributed by atoms with Crippen LogP contribution in [0.4, 0.5) is 0 Å². The van der Waals surface area contributed by atoms with Crippen LogP contribution < -0.4 is 0 Å². The van der Waals surface area contributed by atoms with E-state index in [-0.39, 0.29) is 40.1 Å². The predicted octanol–water partition coefficient (Wildman–Crippen LogP) is 3.25. The molecule has 4 aliphatic rings. The van der Waals surface area contributed by atoms with Gasteiger partial charge in [-0.3, -0.25) is 9.48 Å². The molecule has 1 aromatic rings. The molecule has 0 aromatic carbocycles. The Bertz CT molecular complexity index is 1280. The minimum Gasteiger partial charge on any atom is -0.451 e. The van der Waals surface area contributed by atoms with Gasteiger partial charge in [0, 0.05) is 5.92 Å². The van der Waals surface area contributed by atoms with Crippen molar-refractivity contribution in [1.82, 2.24) is 9.78 Å². The summed E-state index contributed by atoms with van der Waals surface area (Å²) >= 11 is 0. The van der Waals surface area contributed by atoms with E-state index in [0.717, 1.165) is 0 Å². The molecule has 38 heavy (non-hydrogen) atoms. The van der Waals surface area contributed by atoms with Gasteiger partial charge in [-0.2, -0.15) is 5.10 Å². The summed E-state index contributed by atoms with van der Waals surface area (Å²) in [4.78, 5) is 28.2. The fraction of sp³-hybridized carbons (Fsp3) is 0.700. The first-order chi connectivity index (χ1) is 17.5. The van der Waals surface area contributed by atoms with Crippen LogP contribution in [0.2, 0.25) is 0 Å². The van der Waals surface area contributed by atoms with Crippen molar-refractivity contribution >= 4 is 11.8 Å². The third-order valence-corrected chi connectivity index (χ3v) is 10.3. The van der Waals surface area contributed by atoms with Crippen LogP contribution in [0.15, 0.2) is 23.3 Å². The van der Waals surface area contributed by atoms with E-state index < -0.39 is 41.7 Å². The summed E-state index contributed by atoms with van der Waals surface area (Å²) < 4.78 is 7.83. The number of nitrogens with zero attached hydrogens (tertiary/aromatic N) is 2. The van der Waals surface area contributed by atoms with Gasteiger partial charge < -0.3 is 20.1 Å². The molecule has 2 fully saturated rings. The number of allylic oxidation sites excluding steroid dienone is 1. The van der Waals surface area contributed by atoms with Crippen molar-refractivity contribution in [3.05, 3.63) is 40.2 Å². The lowest BCUT2D eigenvalue weighted by Crippen LogP contribution is -2.65. The van der Waals surface area contributed by atoms with Crippen molar-refractivity contribution in [3.63, 3.8) is 0 Å². The molecule has 3 N–H and O–H groups in total. The maximum absolute atomic E-state index is 14.5. The van der Waals surface area contributed by atoms with Crippen LogP contribution in [-0.2, 0) is 15.1 Å². The van der Waals surface area contributed by atoms with E-state index >= 15 is 0 Å². The largest absolute Gasteiger partial charge is 0.451 e. The maximum Gasteiger partial charge on any atom is 0.342 e. The Morgan fingerprint density at radius 1 is 1.24 bits per heavy atom. The smallest absolute Gasteiger partial charge is 0.342 e. The summed E-state index contributed by atoms with van der Waals surface area (Å²) in [6, 6.07) is 0. The zero-order valence-corrected chi connectivity index (χ0v) is 24.0. The van der Waals surface area contributed by atoms with Gasteiger partial charge in [-0.15, -0.1) is 0 Å². The summed E-state index contributed by atoms with van der Waals surface area (Å²) in [5, 5.41) is 39.1. The first-order valence-electron chi connectivity index (χ1n) is 13.7. The number of carbonyl (C=O) groups excluding carboxylic acids is 2. The summed E-state index contributed by atoms with van der Waals surface area (Å²) in [6.45, 7) is 17.0. The van der Waals surface area contributed by atoms with E-state index in [1.54, 1.807) is 37.6 Å². The number of Topliss-reactive ketones (excluding diaryl/α,β-unsaturated/α-hetero) is 1. The lowest BCUT2D eigenvalue weighted by atomic mass is 9.59. The van der Waals surface area contributed by atoms with Gasteiger partial charge in [0.15, 0.2) is 17.5 Å². The first kappa shape index (κ1) is 27.3. The molecule has 2 bridgehead atoms. The fourth-order valence-corrected chi connectivity index (χ4v) is 8.35. The van der Waals surface area contributed by atoms with E-state index in [1.807, 2.05) is 27.7 Å². The number of ketones is 1. The van der Waals surface area contributed by atoms with E-state index in [0.29, 0.717) is 28.9 Å². The number of aliphatic hydroxyl groups excluding tert-OH is 2. The highest BCUT2D eigenvalue weighted by atomic mass is 16.6. The first-order valence-corrected chi connectivity index (χ1v) is 13.7. The van der Waals surface area contributed by atoms with Gasteiger partial charge in [0.25, 0.3) is 0 Å². The molecule has 8 nitrogen and oxygen atoms in total. The highest BCUT2D eigenvalue weighted by Crippen LogP contribution is 2.71. The van der Waals surface area contributed by atoms with Crippen LogP contribution in [0, 0.1) is 48.3 Å². The van der Waals surface area contributed by atoms with E-state index in [2.05, 4.69) is 18.9 Å². The number of carbonyl (C=O) groups is 2. The molecule has 8 heteroatoms. The molecular formula is C30H42N2O6. The van der Waals surface area contributed by atoms with Crippen molar-refractivity contribution < 1.29 is 29.6 Å². The van der Waals surface area contributed by atoms with Gasteiger partial charge in [0.1, 0.15) is 11.7 Å². The highest BCUT2D eigenvalue weighted by Gasteiger charge is 2.76. The Hall–Kier alpha value is -2.29. The SMILES string of the molecule is CC1=CC23C(=O)[C@@H](C=C(CO)[C@@H](O)[C@]2(O)[C@H]1OC(=O)c1c(C)nn(C(C)(C)C)c1C)[C@H]1[C@@H](CC3C)C1(C)C. The van der Waals surface area contributed by atoms with Gasteiger partial charge in [-0.1, -0.05) is 32.9 Å². The molecule has 5 rings (SSSR count). The van der Waals surface area contributed by atoms with Crippen molar-refractivity contribution in [1.29, 1.82) is 0 Å². The summed E-state index contributed by atoms with van der Waals surface area (Å²) in [5.41, 5.74) is -1.86. The Balaban J connectivity index is 1.62. The van der Waals surface area contributed by atoms with Gasteiger partial charge in [0.05, 0.1) is 28.9 Å². The number of aliphatic hydroxyl groups is 3. The number of rotatable bonds is 3. The van der Waals surface area contributed by atoms with Crippen molar-refractivity contribution in [2.75, 3.05) is 6.61 Å². The molecule has 1 spiro atoms. The molecule has 8 atom stereocenters. The number of fused-ring (bicyclic) bond motifs is 3. The summed E-state index contributed by atoms with van der Waals surface area (Å²) in [7, 11) is 0. The van der Waals surface area contributed by atoms with Crippen LogP contribution in [0.3, 0.4) is 0 Å². The normalized spacial score (nSPS) is 39.4. The second-order valence-corrected chi connectivity index (χ2v) is 13.8. The van der Waals surface area contributed by atoms with Crippen LogP contribution in [-0.4, -0.2) is 61.3 Å². The lowest BCUT2D eigenvalue weighted by molar-refractivity contribution is -0.190. The number of esters is 1. The van der Waals surface area contributed by atoms with E-state index in [1.165, 1.54) is 0 Å². The Morgan fingerprint density at radius 3 is 2.42 bits per heavy atom. The van der Waals surface area contributed by atoms with Crippen LogP contribution in [0.5, 0.6) is 0 Å². The molecule has 0 radical (unpaired) electrons. The Labute approximate surface area is 224 Å². The topological polar surface area (TPSA) is 122 Å². The third kappa shape index (κ3) is 3.23.